The Balaban J connectivity index is 2.42. The van der Waals surface area contributed by atoms with E-state index in [-0.39, 0.29) is 23.5 Å². The summed E-state index contributed by atoms with van der Waals surface area (Å²) in [6.07, 6.45) is -0.449. The van der Waals surface area contributed by atoms with E-state index in [0.29, 0.717) is 5.75 Å². The van der Waals surface area contributed by atoms with Crippen LogP contribution in [0, 0.1) is 11.3 Å². The number of nitrogens with zero attached hydrogens (tertiary/aromatic N) is 1. The van der Waals surface area contributed by atoms with Crippen molar-refractivity contribution in [3.8, 4) is 11.8 Å². The minimum atomic E-state index is -3.81. The second-order valence-electron chi connectivity index (χ2n) is 4.18. The van der Waals surface area contributed by atoms with E-state index in [1.54, 1.807) is 6.07 Å². The third-order valence-corrected chi connectivity index (χ3v) is 5.35. The smallest absolute Gasteiger partial charge is 0.198 e. The Bertz CT molecular complexity index is 617. The minimum absolute atomic E-state index is 0.0392. The molecule has 0 saturated heterocycles. The third-order valence-electron chi connectivity index (χ3n) is 3.05. The first kappa shape index (κ1) is 12.6. The van der Waals surface area contributed by atoms with E-state index in [9.17, 15) is 13.2 Å². The number of Topliss-reactive ketones (excluding diaryl/α,β-unsaturated/α-hetero) is 1. The van der Waals surface area contributed by atoms with Gasteiger partial charge in [-0.2, -0.15) is 5.26 Å². The van der Waals surface area contributed by atoms with Crippen LogP contribution < -0.4 is 4.74 Å². The maximum atomic E-state index is 12.3. The van der Waals surface area contributed by atoms with Gasteiger partial charge in [0.2, 0.25) is 0 Å². The molecule has 0 unspecified atom stereocenters. The van der Waals surface area contributed by atoms with Crippen LogP contribution in [-0.2, 0) is 14.6 Å². The summed E-state index contributed by atoms with van der Waals surface area (Å²) in [5.74, 6) is 0.332. The molecule has 1 aliphatic carbocycles. The highest BCUT2D eigenvalue weighted by molar-refractivity contribution is 7.93. The lowest BCUT2D eigenvalue weighted by molar-refractivity contribution is -0.124. The van der Waals surface area contributed by atoms with Gasteiger partial charge in [-0.15, -0.1) is 0 Å². The lowest BCUT2D eigenvalue weighted by atomic mass is 9.84. The molecule has 1 aliphatic rings. The highest BCUT2D eigenvalue weighted by Crippen LogP contribution is 2.40. The van der Waals surface area contributed by atoms with Crippen LogP contribution in [0.1, 0.15) is 12.8 Å². The average Bonchev–Trinajstić information content (AvgIpc) is 2.34. The fourth-order valence-corrected chi connectivity index (χ4v) is 3.66. The maximum absolute atomic E-state index is 12.3. The number of methoxy groups -OCH3 is 1. The predicted molar refractivity (Wildman–Crippen MR) is 62.8 cm³/mol. The molecule has 0 radical (unpaired) electrons. The molecule has 0 amide bonds. The first-order valence-corrected chi connectivity index (χ1v) is 6.75. The molecule has 0 N–H and O–H groups in total. The van der Waals surface area contributed by atoms with E-state index in [4.69, 9.17) is 10.00 Å². The van der Waals surface area contributed by atoms with Crippen LogP contribution in [-0.4, -0.2) is 26.1 Å². The number of carbonyl (C=O) groups is 1. The molecular formula is C12H11NO4S. The number of sulfone groups is 1. The Hall–Kier alpha value is -1.87. The van der Waals surface area contributed by atoms with Crippen molar-refractivity contribution in [1.29, 1.82) is 5.26 Å². The fourth-order valence-electron chi connectivity index (χ4n) is 1.89. The van der Waals surface area contributed by atoms with Gasteiger partial charge in [-0.1, -0.05) is 0 Å². The monoisotopic (exact) mass is 265 g/mol. The molecule has 0 aromatic heterocycles. The van der Waals surface area contributed by atoms with Crippen molar-refractivity contribution in [3.05, 3.63) is 24.3 Å². The summed E-state index contributed by atoms with van der Waals surface area (Å²) in [5, 5.41) is 9.05. The van der Waals surface area contributed by atoms with Gasteiger partial charge in [0.1, 0.15) is 11.5 Å². The van der Waals surface area contributed by atoms with Gasteiger partial charge < -0.3 is 4.74 Å². The maximum Gasteiger partial charge on any atom is 0.198 e. The first-order valence-electron chi connectivity index (χ1n) is 5.27. The Morgan fingerprint density at radius 3 is 2.22 bits per heavy atom. The van der Waals surface area contributed by atoms with Crippen molar-refractivity contribution < 1.29 is 17.9 Å². The van der Waals surface area contributed by atoms with Gasteiger partial charge in [-0.05, 0) is 24.3 Å². The molecule has 0 aliphatic heterocycles. The van der Waals surface area contributed by atoms with Crippen molar-refractivity contribution in [2.24, 2.45) is 0 Å². The minimum Gasteiger partial charge on any atom is -0.497 e. The molecular weight excluding hydrogens is 254 g/mol. The van der Waals surface area contributed by atoms with Gasteiger partial charge in [-0.3, -0.25) is 4.79 Å². The molecule has 1 fully saturated rings. The summed E-state index contributed by atoms with van der Waals surface area (Å²) in [7, 11) is -2.33. The van der Waals surface area contributed by atoms with Crippen LogP contribution in [0.3, 0.4) is 0 Å². The normalized spacial score (nSPS) is 17.7. The Morgan fingerprint density at radius 1 is 1.28 bits per heavy atom. The number of hydrogen-bond acceptors (Lipinski definition) is 5. The average molecular weight is 265 g/mol. The van der Waals surface area contributed by atoms with Crippen LogP contribution in [0.15, 0.2) is 29.2 Å². The van der Waals surface area contributed by atoms with Crippen molar-refractivity contribution in [1.82, 2.24) is 0 Å². The van der Waals surface area contributed by atoms with Gasteiger partial charge >= 0.3 is 0 Å². The highest BCUT2D eigenvalue weighted by Gasteiger charge is 2.55. The van der Waals surface area contributed by atoms with E-state index in [1.807, 2.05) is 0 Å². The molecule has 0 atom stereocenters. The Kier molecular flexibility index (Phi) is 2.87. The molecule has 0 heterocycles. The summed E-state index contributed by atoms with van der Waals surface area (Å²) >= 11 is 0. The second kappa shape index (κ2) is 4.10. The number of benzene rings is 1. The fraction of sp³-hybridized carbons (Fsp3) is 0.333. The van der Waals surface area contributed by atoms with Crippen molar-refractivity contribution in [2.45, 2.75) is 22.5 Å². The van der Waals surface area contributed by atoms with Gasteiger partial charge in [0.15, 0.2) is 14.6 Å². The summed E-state index contributed by atoms with van der Waals surface area (Å²) in [6.45, 7) is 0. The van der Waals surface area contributed by atoms with Crippen molar-refractivity contribution in [2.75, 3.05) is 7.11 Å². The van der Waals surface area contributed by atoms with Crippen LogP contribution in [0.25, 0.3) is 0 Å². The Labute approximate surface area is 105 Å². The summed E-state index contributed by atoms with van der Waals surface area (Å²) in [4.78, 5) is 11.1. The molecule has 2 rings (SSSR count). The zero-order valence-corrected chi connectivity index (χ0v) is 10.5. The molecule has 0 spiro atoms. The number of ether oxygens (including phenoxy) is 1. The predicted octanol–water partition coefficient (Wildman–Crippen LogP) is 1.09. The number of hydrogen-bond donors (Lipinski definition) is 0. The number of carbonyl (C=O) groups excluding carboxylic acids is 1. The molecule has 94 valence electrons. The molecule has 6 heteroatoms. The second-order valence-corrected chi connectivity index (χ2v) is 6.44. The van der Waals surface area contributed by atoms with Gasteiger partial charge in [0.05, 0.1) is 18.1 Å². The summed E-state index contributed by atoms with van der Waals surface area (Å²) < 4.78 is 27.9. The SMILES string of the molecule is COc1ccc(S(=O)(=O)C2(C#N)CC(=O)C2)cc1. The number of ketones is 1. The molecule has 1 aromatic carbocycles. The van der Waals surface area contributed by atoms with Crippen LogP contribution in [0.4, 0.5) is 0 Å². The van der Waals surface area contributed by atoms with E-state index in [0.717, 1.165) is 0 Å². The lowest BCUT2D eigenvalue weighted by Gasteiger charge is -2.32. The molecule has 5 nitrogen and oxygen atoms in total. The third kappa shape index (κ3) is 1.68. The summed E-state index contributed by atoms with van der Waals surface area (Å²) in [5.41, 5.74) is 0. The van der Waals surface area contributed by atoms with Crippen LogP contribution >= 0.6 is 0 Å². The topological polar surface area (TPSA) is 84.2 Å². The zero-order chi connectivity index (χ0) is 13.4. The quantitative estimate of drug-likeness (QED) is 0.816. The number of nitriles is 1. The highest BCUT2D eigenvalue weighted by atomic mass is 32.2. The lowest BCUT2D eigenvalue weighted by Crippen LogP contribution is -2.49. The number of rotatable bonds is 3. The van der Waals surface area contributed by atoms with Crippen LogP contribution in [0.2, 0.25) is 0 Å². The molecule has 1 aromatic rings. The first-order chi connectivity index (χ1) is 8.45. The molecule has 0 bridgehead atoms. The van der Waals surface area contributed by atoms with Gasteiger partial charge in [0, 0.05) is 12.8 Å². The van der Waals surface area contributed by atoms with Crippen molar-refractivity contribution in [3.63, 3.8) is 0 Å². The zero-order valence-electron chi connectivity index (χ0n) is 9.71. The van der Waals surface area contributed by atoms with Gasteiger partial charge in [0.25, 0.3) is 0 Å². The standard InChI is InChI=1S/C12H11NO4S/c1-17-10-2-4-11(5-3-10)18(15,16)12(8-13)6-9(14)7-12/h2-5H,6-7H2,1H3. The van der Waals surface area contributed by atoms with Crippen molar-refractivity contribution >= 4 is 15.6 Å². The Morgan fingerprint density at radius 2 is 1.83 bits per heavy atom. The van der Waals surface area contributed by atoms with E-state index in [2.05, 4.69) is 0 Å². The van der Waals surface area contributed by atoms with Crippen LogP contribution in [0.5, 0.6) is 5.75 Å². The van der Waals surface area contributed by atoms with E-state index in [1.165, 1.54) is 31.4 Å². The van der Waals surface area contributed by atoms with E-state index >= 15 is 0 Å². The van der Waals surface area contributed by atoms with Gasteiger partial charge in [-0.25, -0.2) is 8.42 Å². The largest absolute Gasteiger partial charge is 0.497 e. The van der Waals surface area contributed by atoms with E-state index < -0.39 is 14.6 Å². The molecule has 1 saturated carbocycles. The molecule has 18 heavy (non-hydrogen) atoms. The summed E-state index contributed by atoms with van der Waals surface area (Å²) in [6, 6.07) is 7.57.